The van der Waals surface area contributed by atoms with Crippen LogP contribution in [-0.4, -0.2) is 34.0 Å². The van der Waals surface area contributed by atoms with Crippen LogP contribution in [0.4, 0.5) is 0 Å². The molecule has 0 bridgehead atoms. The zero-order valence-corrected chi connectivity index (χ0v) is 10.7. The summed E-state index contributed by atoms with van der Waals surface area (Å²) in [4.78, 5) is 26.1. The Labute approximate surface area is 111 Å². The highest BCUT2D eigenvalue weighted by atomic mass is 16.5. The van der Waals surface area contributed by atoms with Crippen molar-refractivity contribution in [3.8, 4) is 0 Å². The smallest absolute Gasteiger partial charge is 0.249 e. The SMILES string of the molecule is O=C1CN(Cc2ccon2)C(=O)C2(CCCCC2)N1. The normalized spacial score (nSPS) is 22.6. The van der Waals surface area contributed by atoms with Crippen LogP contribution in [0.2, 0.25) is 0 Å². The van der Waals surface area contributed by atoms with Gasteiger partial charge in [-0.05, 0) is 12.8 Å². The maximum atomic E-state index is 12.6. The molecule has 6 nitrogen and oxygen atoms in total. The number of nitrogens with one attached hydrogen (secondary N) is 1. The van der Waals surface area contributed by atoms with Crippen LogP contribution in [0.15, 0.2) is 16.9 Å². The molecule has 19 heavy (non-hydrogen) atoms. The molecule has 1 saturated heterocycles. The molecule has 1 aromatic heterocycles. The number of rotatable bonds is 2. The number of piperazine rings is 1. The summed E-state index contributed by atoms with van der Waals surface area (Å²) in [5.74, 6) is -0.0557. The van der Waals surface area contributed by atoms with Gasteiger partial charge < -0.3 is 14.7 Å². The lowest BCUT2D eigenvalue weighted by Gasteiger charge is -2.43. The zero-order valence-electron chi connectivity index (χ0n) is 10.7. The molecule has 2 aliphatic rings. The number of carbonyl (C=O) groups is 2. The third-order valence-electron chi connectivity index (χ3n) is 3.96. The number of carbonyl (C=O) groups excluding carboxylic acids is 2. The highest BCUT2D eigenvalue weighted by molar-refractivity contribution is 5.98. The molecule has 6 heteroatoms. The van der Waals surface area contributed by atoms with Crippen molar-refractivity contribution in [1.82, 2.24) is 15.4 Å². The van der Waals surface area contributed by atoms with Crippen LogP contribution in [0.1, 0.15) is 37.8 Å². The summed E-state index contributed by atoms with van der Waals surface area (Å²) in [6.07, 6.45) is 6.07. The third kappa shape index (κ3) is 2.22. The molecule has 0 aromatic carbocycles. The first-order valence-corrected chi connectivity index (χ1v) is 6.69. The molecule has 1 N–H and O–H groups in total. The van der Waals surface area contributed by atoms with Crippen molar-refractivity contribution in [2.45, 2.75) is 44.2 Å². The van der Waals surface area contributed by atoms with E-state index in [9.17, 15) is 9.59 Å². The molecule has 1 spiro atoms. The molecule has 1 aliphatic carbocycles. The van der Waals surface area contributed by atoms with Crippen LogP contribution in [-0.2, 0) is 16.1 Å². The summed E-state index contributed by atoms with van der Waals surface area (Å²) in [7, 11) is 0. The van der Waals surface area contributed by atoms with Crippen molar-refractivity contribution in [3.63, 3.8) is 0 Å². The lowest BCUT2D eigenvalue weighted by molar-refractivity contribution is -0.152. The molecule has 1 aliphatic heterocycles. The number of hydrogen-bond acceptors (Lipinski definition) is 4. The summed E-state index contributed by atoms with van der Waals surface area (Å²) >= 11 is 0. The summed E-state index contributed by atoms with van der Waals surface area (Å²) < 4.78 is 4.77. The van der Waals surface area contributed by atoms with Gasteiger partial charge in [0, 0.05) is 6.07 Å². The fourth-order valence-electron chi connectivity index (χ4n) is 3.04. The maximum Gasteiger partial charge on any atom is 0.249 e. The Morgan fingerprint density at radius 3 is 2.79 bits per heavy atom. The van der Waals surface area contributed by atoms with Crippen LogP contribution >= 0.6 is 0 Å². The highest BCUT2D eigenvalue weighted by Gasteiger charge is 2.46. The topological polar surface area (TPSA) is 75.4 Å². The Morgan fingerprint density at radius 2 is 2.11 bits per heavy atom. The average molecular weight is 263 g/mol. The molecule has 2 amide bonds. The molecule has 1 saturated carbocycles. The van der Waals surface area contributed by atoms with Gasteiger partial charge in [-0.2, -0.15) is 0 Å². The lowest BCUT2D eigenvalue weighted by Crippen LogP contribution is -2.66. The number of amides is 2. The van der Waals surface area contributed by atoms with Gasteiger partial charge in [0.15, 0.2) is 0 Å². The van der Waals surface area contributed by atoms with E-state index in [0.29, 0.717) is 12.2 Å². The molecule has 0 atom stereocenters. The molecule has 0 radical (unpaired) electrons. The predicted molar refractivity (Wildman–Crippen MR) is 65.9 cm³/mol. The Kier molecular flexibility index (Phi) is 3.00. The van der Waals surface area contributed by atoms with Gasteiger partial charge in [0.05, 0.1) is 6.54 Å². The van der Waals surface area contributed by atoms with Crippen molar-refractivity contribution in [2.75, 3.05) is 6.54 Å². The standard InChI is InChI=1S/C13H17N3O3/c17-11-9-16(8-10-4-7-19-15-10)12(18)13(14-11)5-2-1-3-6-13/h4,7H,1-3,5-6,8-9H2,(H,14,17). The average Bonchev–Trinajstić information content (AvgIpc) is 2.89. The minimum atomic E-state index is -0.669. The van der Waals surface area contributed by atoms with Crippen LogP contribution in [0.3, 0.4) is 0 Å². The van der Waals surface area contributed by atoms with E-state index in [2.05, 4.69) is 10.5 Å². The summed E-state index contributed by atoms with van der Waals surface area (Å²) in [6.45, 7) is 0.442. The Balaban J connectivity index is 1.80. The molecule has 3 rings (SSSR count). The molecule has 2 heterocycles. The van der Waals surface area contributed by atoms with Crippen molar-refractivity contribution in [1.29, 1.82) is 0 Å². The second kappa shape index (κ2) is 4.68. The van der Waals surface area contributed by atoms with Crippen LogP contribution in [0.5, 0.6) is 0 Å². The van der Waals surface area contributed by atoms with E-state index in [1.165, 1.54) is 6.26 Å². The fourth-order valence-corrected chi connectivity index (χ4v) is 3.04. The van der Waals surface area contributed by atoms with E-state index in [4.69, 9.17) is 4.52 Å². The second-order valence-corrected chi connectivity index (χ2v) is 5.34. The maximum absolute atomic E-state index is 12.6. The van der Waals surface area contributed by atoms with Gasteiger partial charge in [-0.1, -0.05) is 24.4 Å². The van der Waals surface area contributed by atoms with E-state index < -0.39 is 5.54 Å². The number of aromatic nitrogens is 1. The minimum absolute atomic E-state index is 0.0230. The Bertz CT molecular complexity index is 477. The van der Waals surface area contributed by atoms with Crippen molar-refractivity contribution >= 4 is 11.8 Å². The van der Waals surface area contributed by atoms with Crippen molar-refractivity contribution in [2.24, 2.45) is 0 Å². The van der Waals surface area contributed by atoms with Crippen LogP contribution in [0, 0.1) is 0 Å². The van der Waals surface area contributed by atoms with Crippen molar-refractivity contribution < 1.29 is 14.1 Å². The van der Waals surface area contributed by atoms with Gasteiger partial charge in [-0.3, -0.25) is 9.59 Å². The van der Waals surface area contributed by atoms with E-state index in [1.54, 1.807) is 11.0 Å². The summed E-state index contributed by atoms with van der Waals surface area (Å²) in [6, 6.07) is 1.72. The van der Waals surface area contributed by atoms with Gasteiger partial charge in [0.1, 0.15) is 24.0 Å². The fraction of sp³-hybridized carbons (Fsp3) is 0.615. The van der Waals surface area contributed by atoms with Crippen LogP contribution < -0.4 is 5.32 Å². The molecular weight excluding hydrogens is 246 g/mol. The Morgan fingerprint density at radius 1 is 1.32 bits per heavy atom. The quantitative estimate of drug-likeness (QED) is 0.857. The lowest BCUT2D eigenvalue weighted by atomic mass is 9.79. The molecule has 102 valence electrons. The van der Waals surface area contributed by atoms with Gasteiger partial charge in [0.2, 0.25) is 11.8 Å². The number of hydrogen-bond donors (Lipinski definition) is 1. The second-order valence-electron chi connectivity index (χ2n) is 5.34. The first kappa shape index (κ1) is 12.2. The van der Waals surface area contributed by atoms with E-state index >= 15 is 0 Å². The van der Waals surface area contributed by atoms with Crippen molar-refractivity contribution in [3.05, 3.63) is 18.0 Å². The van der Waals surface area contributed by atoms with Gasteiger partial charge >= 0.3 is 0 Å². The van der Waals surface area contributed by atoms with E-state index in [0.717, 1.165) is 32.1 Å². The van der Waals surface area contributed by atoms with Gasteiger partial charge in [0.25, 0.3) is 0 Å². The minimum Gasteiger partial charge on any atom is -0.364 e. The van der Waals surface area contributed by atoms with E-state index in [-0.39, 0.29) is 18.4 Å². The molecule has 1 aromatic rings. The third-order valence-corrected chi connectivity index (χ3v) is 3.96. The number of nitrogens with zero attached hydrogens (tertiary/aromatic N) is 2. The van der Waals surface area contributed by atoms with Gasteiger partial charge in [-0.15, -0.1) is 0 Å². The largest absolute Gasteiger partial charge is 0.364 e. The zero-order chi connectivity index (χ0) is 13.3. The van der Waals surface area contributed by atoms with E-state index in [1.807, 2.05) is 0 Å². The molecular formula is C13H17N3O3. The van der Waals surface area contributed by atoms with Gasteiger partial charge in [-0.25, -0.2) is 0 Å². The summed E-state index contributed by atoms with van der Waals surface area (Å²) in [5, 5.41) is 6.72. The summed E-state index contributed by atoms with van der Waals surface area (Å²) in [5.41, 5.74) is 0.00568. The first-order chi connectivity index (χ1) is 9.20. The Hall–Kier alpha value is -1.85. The monoisotopic (exact) mass is 263 g/mol. The van der Waals surface area contributed by atoms with Crippen LogP contribution in [0.25, 0.3) is 0 Å². The molecule has 2 fully saturated rings. The first-order valence-electron chi connectivity index (χ1n) is 6.69. The highest BCUT2D eigenvalue weighted by Crippen LogP contribution is 2.32. The predicted octanol–water partition coefficient (Wildman–Crippen LogP) is 0.836. The molecule has 0 unspecified atom stereocenters.